The summed E-state index contributed by atoms with van der Waals surface area (Å²) >= 11 is 0. The van der Waals surface area contributed by atoms with Gasteiger partial charge in [0, 0.05) is 12.3 Å². The highest BCUT2D eigenvalue weighted by molar-refractivity contribution is 6.58. The van der Waals surface area contributed by atoms with E-state index in [4.69, 9.17) is 4.74 Å². The SMILES string of the molecule is CCCCCCCC[SiH](C)C1CCCCO1. The van der Waals surface area contributed by atoms with E-state index in [1.54, 1.807) is 0 Å². The molecule has 1 heterocycles. The van der Waals surface area contributed by atoms with Gasteiger partial charge in [-0.05, 0) is 19.3 Å². The van der Waals surface area contributed by atoms with Gasteiger partial charge in [0.05, 0.1) is 8.80 Å². The molecule has 0 aliphatic carbocycles. The first kappa shape index (κ1) is 14.2. The minimum absolute atomic E-state index is 0.565. The summed E-state index contributed by atoms with van der Waals surface area (Å²) < 4.78 is 5.90. The second-order valence-corrected chi connectivity index (χ2v) is 8.71. The summed E-state index contributed by atoms with van der Waals surface area (Å²) in [6, 6.07) is 1.51. The highest BCUT2D eigenvalue weighted by atomic mass is 28.3. The maximum absolute atomic E-state index is 5.90. The van der Waals surface area contributed by atoms with Crippen LogP contribution in [0.1, 0.15) is 64.7 Å². The molecule has 2 heteroatoms. The maximum Gasteiger partial charge on any atom is 0.0686 e. The molecule has 2 unspecified atom stereocenters. The Kier molecular flexibility index (Phi) is 8.22. The highest BCUT2D eigenvalue weighted by Crippen LogP contribution is 2.19. The second-order valence-electron chi connectivity index (χ2n) is 5.44. The van der Waals surface area contributed by atoms with Crippen LogP contribution in [0.4, 0.5) is 0 Å². The summed E-state index contributed by atoms with van der Waals surface area (Å²) in [7, 11) is -0.565. The summed E-state index contributed by atoms with van der Waals surface area (Å²) in [5, 5.41) is 0. The molecule has 0 amide bonds. The van der Waals surface area contributed by atoms with Crippen molar-refractivity contribution in [1.29, 1.82) is 0 Å². The zero-order chi connectivity index (χ0) is 11.6. The molecule has 96 valence electrons. The largest absolute Gasteiger partial charge is 0.382 e. The molecular weight excluding hydrogens is 212 g/mol. The molecule has 0 N–H and O–H groups in total. The fourth-order valence-electron chi connectivity index (χ4n) is 2.65. The summed E-state index contributed by atoms with van der Waals surface area (Å²) in [5.74, 6) is 0. The van der Waals surface area contributed by atoms with Crippen molar-refractivity contribution in [3.05, 3.63) is 0 Å². The molecule has 0 spiro atoms. The van der Waals surface area contributed by atoms with Crippen LogP contribution < -0.4 is 0 Å². The van der Waals surface area contributed by atoms with Crippen molar-refractivity contribution in [2.75, 3.05) is 6.61 Å². The van der Waals surface area contributed by atoms with E-state index in [9.17, 15) is 0 Å². The normalized spacial score (nSPS) is 23.2. The van der Waals surface area contributed by atoms with Gasteiger partial charge in [0.25, 0.3) is 0 Å². The lowest BCUT2D eigenvalue weighted by Crippen LogP contribution is -2.33. The minimum atomic E-state index is -0.565. The van der Waals surface area contributed by atoms with Crippen LogP contribution in [-0.4, -0.2) is 21.1 Å². The Bertz CT molecular complexity index is 155. The molecule has 0 aromatic rings. The van der Waals surface area contributed by atoms with Gasteiger partial charge in [-0.15, -0.1) is 0 Å². The van der Waals surface area contributed by atoms with E-state index < -0.39 is 8.80 Å². The number of ether oxygens (including phenoxy) is 1. The minimum Gasteiger partial charge on any atom is -0.382 e. The van der Waals surface area contributed by atoms with Crippen LogP contribution in [0.3, 0.4) is 0 Å². The summed E-state index contributed by atoms with van der Waals surface area (Å²) in [4.78, 5) is 0. The van der Waals surface area contributed by atoms with Crippen molar-refractivity contribution in [1.82, 2.24) is 0 Å². The van der Waals surface area contributed by atoms with Crippen molar-refractivity contribution >= 4 is 8.80 Å². The zero-order valence-electron chi connectivity index (χ0n) is 11.3. The van der Waals surface area contributed by atoms with Gasteiger partial charge in [-0.2, -0.15) is 0 Å². The Morgan fingerprint density at radius 1 is 1.06 bits per heavy atom. The fraction of sp³-hybridized carbons (Fsp3) is 1.00. The summed E-state index contributed by atoms with van der Waals surface area (Å²) in [6.07, 6.45) is 12.7. The topological polar surface area (TPSA) is 9.23 Å². The van der Waals surface area contributed by atoms with Crippen LogP contribution in [0.2, 0.25) is 12.6 Å². The van der Waals surface area contributed by atoms with Crippen molar-refractivity contribution in [3.63, 3.8) is 0 Å². The van der Waals surface area contributed by atoms with Crippen LogP contribution in [0, 0.1) is 0 Å². The van der Waals surface area contributed by atoms with Crippen molar-refractivity contribution < 1.29 is 4.74 Å². The van der Waals surface area contributed by atoms with Crippen LogP contribution in [0.15, 0.2) is 0 Å². The number of unbranched alkanes of at least 4 members (excludes halogenated alkanes) is 5. The molecule has 1 nitrogen and oxygen atoms in total. The molecule has 1 fully saturated rings. The average Bonchev–Trinajstić information content (AvgIpc) is 2.34. The van der Waals surface area contributed by atoms with E-state index in [0.717, 1.165) is 6.61 Å². The van der Waals surface area contributed by atoms with E-state index in [1.165, 1.54) is 63.8 Å². The molecule has 0 bridgehead atoms. The monoisotopic (exact) mass is 242 g/mol. The molecule has 1 saturated heterocycles. The van der Waals surface area contributed by atoms with Crippen molar-refractivity contribution in [2.45, 2.75) is 83.0 Å². The summed E-state index contributed by atoms with van der Waals surface area (Å²) in [5.41, 5.74) is 0.712. The van der Waals surface area contributed by atoms with E-state index in [1.807, 2.05) is 0 Å². The molecule has 16 heavy (non-hydrogen) atoms. The zero-order valence-corrected chi connectivity index (χ0v) is 12.5. The first-order valence-electron chi connectivity index (χ1n) is 7.46. The number of rotatable bonds is 8. The van der Waals surface area contributed by atoms with Crippen LogP contribution in [0.5, 0.6) is 0 Å². The molecule has 0 radical (unpaired) electrons. The van der Waals surface area contributed by atoms with Crippen molar-refractivity contribution in [2.24, 2.45) is 0 Å². The molecular formula is C14H30OSi. The molecule has 0 aromatic heterocycles. The van der Waals surface area contributed by atoms with Gasteiger partial charge in [0.1, 0.15) is 0 Å². The number of hydrogen-bond donors (Lipinski definition) is 0. The molecule has 1 aliphatic rings. The van der Waals surface area contributed by atoms with Gasteiger partial charge < -0.3 is 4.74 Å². The van der Waals surface area contributed by atoms with Crippen LogP contribution in [-0.2, 0) is 4.74 Å². The Labute approximate surface area is 104 Å². The van der Waals surface area contributed by atoms with Crippen molar-refractivity contribution in [3.8, 4) is 0 Å². The predicted octanol–water partition coefficient (Wildman–Crippen LogP) is 4.31. The summed E-state index contributed by atoms with van der Waals surface area (Å²) in [6.45, 7) is 5.84. The van der Waals surface area contributed by atoms with E-state index in [2.05, 4.69) is 13.5 Å². The smallest absolute Gasteiger partial charge is 0.0686 e. The first-order chi connectivity index (χ1) is 7.84. The van der Waals surface area contributed by atoms with Gasteiger partial charge in [0.15, 0.2) is 0 Å². The third-order valence-corrected chi connectivity index (χ3v) is 6.98. The molecule has 1 rings (SSSR count). The average molecular weight is 242 g/mol. The van der Waals surface area contributed by atoms with E-state index >= 15 is 0 Å². The third kappa shape index (κ3) is 6.05. The molecule has 0 saturated carbocycles. The van der Waals surface area contributed by atoms with Gasteiger partial charge >= 0.3 is 0 Å². The first-order valence-corrected chi connectivity index (χ1v) is 10.1. The van der Waals surface area contributed by atoms with Crippen LogP contribution >= 0.6 is 0 Å². The third-order valence-electron chi connectivity index (χ3n) is 3.86. The second kappa shape index (κ2) is 9.23. The molecule has 0 aromatic carbocycles. The Morgan fingerprint density at radius 2 is 1.81 bits per heavy atom. The van der Waals surface area contributed by atoms with E-state index in [0.29, 0.717) is 5.73 Å². The van der Waals surface area contributed by atoms with Gasteiger partial charge in [0.2, 0.25) is 0 Å². The maximum atomic E-state index is 5.90. The van der Waals surface area contributed by atoms with Gasteiger partial charge in [-0.25, -0.2) is 0 Å². The van der Waals surface area contributed by atoms with Crippen LogP contribution in [0.25, 0.3) is 0 Å². The highest BCUT2D eigenvalue weighted by Gasteiger charge is 2.21. The Balaban J connectivity index is 1.94. The molecule has 2 atom stereocenters. The lowest BCUT2D eigenvalue weighted by molar-refractivity contribution is 0.0625. The van der Waals surface area contributed by atoms with Gasteiger partial charge in [-0.1, -0.05) is 58.0 Å². The number of hydrogen-bond acceptors (Lipinski definition) is 1. The quantitative estimate of drug-likeness (QED) is 0.455. The van der Waals surface area contributed by atoms with E-state index in [-0.39, 0.29) is 0 Å². The molecule has 1 aliphatic heterocycles. The predicted molar refractivity (Wildman–Crippen MR) is 74.8 cm³/mol. The Morgan fingerprint density at radius 3 is 2.50 bits per heavy atom. The lowest BCUT2D eigenvalue weighted by atomic mass is 10.1. The fourth-order valence-corrected chi connectivity index (χ4v) is 5.22. The van der Waals surface area contributed by atoms with Gasteiger partial charge in [-0.3, -0.25) is 0 Å². The Hall–Kier alpha value is 0.177. The lowest BCUT2D eigenvalue weighted by Gasteiger charge is -2.27. The standard InChI is InChI=1S/C14H30OSi/c1-3-4-5-6-7-10-13-16(2)14-11-8-9-12-15-14/h14,16H,3-13H2,1-2H3.